The number of amides is 1. The lowest BCUT2D eigenvalue weighted by Gasteiger charge is -2.24. The number of rotatable bonds is 2. The van der Waals surface area contributed by atoms with Gasteiger partial charge in [-0.05, 0) is 75.8 Å². The molecular formula is C21H27N3OS. The van der Waals surface area contributed by atoms with Crippen LogP contribution in [0.15, 0.2) is 6.07 Å². The van der Waals surface area contributed by atoms with Gasteiger partial charge in [-0.1, -0.05) is 0 Å². The van der Waals surface area contributed by atoms with E-state index in [-0.39, 0.29) is 11.9 Å². The zero-order valence-corrected chi connectivity index (χ0v) is 16.4. The second-order valence-corrected chi connectivity index (χ2v) is 9.19. The minimum absolute atomic E-state index is 0.150. The first-order valence-corrected chi connectivity index (χ1v) is 11.0. The molecule has 0 bridgehead atoms. The maximum atomic E-state index is 13.3. The Kier molecular flexibility index (Phi) is 4.15. The molecule has 138 valence electrons. The number of nitrogens with zero attached hydrogens (tertiary/aromatic N) is 3. The van der Waals surface area contributed by atoms with Crippen molar-refractivity contribution in [1.82, 2.24) is 14.5 Å². The number of carbonyl (C=O) groups is 1. The number of fused-ring (bicyclic) bond motifs is 2. The van der Waals surface area contributed by atoms with E-state index in [9.17, 15) is 4.79 Å². The molecule has 2 aromatic heterocycles. The summed E-state index contributed by atoms with van der Waals surface area (Å²) in [5.74, 6) is 1.34. The Morgan fingerprint density at radius 3 is 2.77 bits per heavy atom. The Hall–Kier alpha value is -1.62. The van der Waals surface area contributed by atoms with Crippen molar-refractivity contribution >= 4 is 17.2 Å². The Morgan fingerprint density at radius 2 is 1.92 bits per heavy atom. The lowest BCUT2D eigenvalue weighted by Crippen LogP contribution is -2.31. The number of likely N-dealkylation sites (tertiary alicyclic amines) is 1. The van der Waals surface area contributed by atoms with Gasteiger partial charge in [-0.3, -0.25) is 4.79 Å². The molecule has 2 aromatic rings. The number of carbonyl (C=O) groups excluding carboxylic acids is 1. The maximum absolute atomic E-state index is 13.3. The fourth-order valence-electron chi connectivity index (χ4n) is 5.02. The van der Waals surface area contributed by atoms with Crippen molar-refractivity contribution in [3.05, 3.63) is 38.6 Å². The molecule has 0 unspecified atom stereocenters. The van der Waals surface area contributed by atoms with E-state index in [1.807, 2.05) is 0 Å². The highest BCUT2D eigenvalue weighted by Gasteiger charge is 2.35. The molecule has 0 saturated carbocycles. The van der Waals surface area contributed by atoms with Gasteiger partial charge < -0.3 is 9.47 Å². The summed E-state index contributed by atoms with van der Waals surface area (Å²) in [5.41, 5.74) is 4.10. The molecule has 3 heterocycles. The van der Waals surface area contributed by atoms with Gasteiger partial charge in [-0.2, -0.15) is 0 Å². The summed E-state index contributed by atoms with van der Waals surface area (Å²) in [4.78, 5) is 22.8. The first-order valence-electron chi connectivity index (χ1n) is 10.2. The Labute approximate surface area is 159 Å². The third-order valence-electron chi connectivity index (χ3n) is 6.43. The van der Waals surface area contributed by atoms with Crippen molar-refractivity contribution in [2.75, 3.05) is 6.54 Å². The van der Waals surface area contributed by atoms with E-state index in [0.717, 1.165) is 55.8 Å². The molecule has 26 heavy (non-hydrogen) atoms. The van der Waals surface area contributed by atoms with Gasteiger partial charge in [-0.25, -0.2) is 4.98 Å². The van der Waals surface area contributed by atoms with E-state index in [0.29, 0.717) is 0 Å². The average Bonchev–Trinajstić information content (AvgIpc) is 3.38. The van der Waals surface area contributed by atoms with Crippen molar-refractivity contribution < 1.29 is 4.79 Å². The number of hydrogen-bond acceptors (Lipinski definition) is 3. The number of thiophene rings is 1. The summed E-state index contributed by atoms with van der Waals surface area (Å²) >= 11 is 1.74. The van der Waals surface area contributed by atoms with Gasteiger partial charge in [0, 0.05) is 24.2 Å². The van der Waals surface area contributed by atoms with Crippen molar-refractivity contribution in [2.45, 2.75) is 70.3 Å². The first kappa shape index (κ1) is 16.5. The van der Waals surface area contributed by atoms with Crippen LogP contribution in [0, 0.1) is 0 Å². The van der Waals surface area contributed by atoms with Crippen molar-refractivity contribution in [2.24, 2.45) is 7.05 Å². The van der Waals surface area contributed by atoms with Crippen LogP contribution in [0.25, 0.3) is 0 Å². The van der Waals surface area contributed by atoms with Crippen molar-refractivity contribution in [3.8, 4) is 0 Å². The van der Waals surface area contributed by atoms with Gasteiger partial charge in [0.1, 0.15) is 5.82 Å². The van der Waals surface area contributed by atoms with E-state index in [1.54, 1.807) is 11.3 Å². The first-order chi connectivity index (χ1) is 12.7. The quantitative estimate of drug-likeness (QED) is 0.795. The molecule has 0 aromatic carbocycles. The highest BCUT2D eigenvalue weighted by Crippen LogP contribution is 2.37. The maximum Gasteiger partial charge on any atom is 0.264 e. The molecule has 1 fully saturated rings. The SMILES string of the molecule is Cn1c([C@@H]2CCCN2C(=O)c2cc3c(s2)CCCC3)nc2c1CCCC2. The zero-order valence-electron chi connectivity index (χ0n) is 15.6. The molecule has 1 saturated heterocycles. The van der Waals surface area contributed by atoms with Crippen LogP contribution in [0.1, 0.15) is 81.9 Å². The van der Waals surface area contributed by atoms with E-state index < -0.39 is 0 Å². The van der Waals surface area contributed by atoms with Crippen LogP contribution in [0.2, 0.25) is 0 Å². The average molecular weight is 370 g/mol. The summed E-state index contributed by atoms with van der Waals surface area (Å²) in [6.07, 6.45) is 11.7. The molecule has 0 spiro atoms. The van der Waals surface area contributed by atoms with Crippen molar-refractivity contribution in [1.29, 1.82) is 0 Å². The van der Waals surface area contributed by atoms with Gasteiger partial charge in [0.05, 0.1) is 16.6 Å². The molecule has 1 amide bonds. The molecule has 4 nitrogen and oxygen atoms in total. The third kappa shape index (κ3) is 2.63. The van der Waals surface area contributed by atoms with Gasteiger partial charge in [-0.15, -0.1) is 11.3 Å². The van der Waals surface area contributed by atoms with Gasteiger partial charge >= 0.3 is 0 Å². The summed E-state index contributed by atoms with van der Waals surface area (Å²) in [6, 6.07) is 2.33. The van der Waals surface area contributed by atoms with E-state index in [1.165, 1.54) is 47.5 Å². The second-order valence-electron chi connectivity index (χ2n) is 8.05. The minimum atomic E-state index is 0.150. The molecule has 5 rings (SSSR count). The van der Waals surface area contributed by atoms with Crippen LogP contribution in [0.5, 0.6) is 0 Å². The fraction of sp³-hybridized carbons (Fsp3) is 0.619. The predicted octanol–water partition coefficient (Wildman–Crippen LogP) is 4.22. The smallest absolute Gasteiger partial charge is 0.264 e. The van der Waals surface area contributed by atoms with E-state index in [2.05, 4.69) is 22.6 Å². The third-order valence-corrected chi connectivity index (χ3v) is 7.65. The normalized spacial score (nSPS) is 22.3. The summed E-state index contributed by atoms with van der Waals surface area (Å²) < 4.78 is 2.30. The predicted molar refractivity (Wildman–Crippen MR) is 104 cm³/mol. The van der Waals surface area contributed by atoms with Crippen LogP contribution in [-0.2, 0) is 32.7 Å². The summed E-state index contributed by atoms with van der Waals surface area (Å²) in [5, 5.41) is 0. The largest absolute Gasteiger partial charge is 0.333 e. The fourth-order valence-corrected chi connectivity index (χ4v) is 6.23. The number of hydrogen-bond donors (Lipinski definition) is 0. The molecule has 2 aliphatic carbocycles. The van der Waals surface area contributed by atoms with Gasteiger partial charge in [0.15, 0.2) is 0 Å². The van der Waals surface area contributed by atoms with E-state index in [4.69, 9.17) is 4.98 Å². The Bertz CT molecular complexity index is 826. The van der Waals surface area contributed by atoms with Gasteiger partial charge in [0.2, 0.25) is 0 Å². The molecule has 1 aliphatic heterocycles. The standard InChI is InChI=1S/C21H27N3OS/c1-23-16-9-4-3-8-15(16)22-20(23)17-10-6-12-24(17)21(25)19-13-14-7-2-5-11-18(14)26-19/h13,17H,2-12H2,1H3/t17-/m0/s1. The summed E-state index contributed by atoms with van der Waals surface area (Å²) in [7, 11) is 2.15. The van der Waals surface area contributed by atoms with E-state index >= 15 is 0 Å². The van der Waals surface area contributed by atoms with Crippen LogP contribution in [0.4, 0.5) is 0 Å². The molecule has 3 aliphatic rings. The lowest BCUT2D eigenvalue weighted by atomic mass is 9.99. The molecule has 5 heteroatoms. The minimum Gasteiger partial charge on any atom is -0.333 e. The summed E-state index contributed by atoms with van der Waals surface area (Å²) in [6.45, 7) is 0.865. The van der Waals surface area contributed by atoms with Crippen LogP contribution < -0.4 is 0 Å². The lowest BCUT2D eigenvalue weighted by molar-refractivity contribution is 0.0733. The van der Waals surface area contributed by atoms with Crippen LogP contribution >= 0.6 is 11.3 Å². The Balaban J connectivity index is 1.45. The number of aromatic nitrogens is 2. The number of aryl methyl sites for hydroxylation is 3. The topological polar surface area (TPSA) is 38.1 Å². The molecule has 0 N–H and O–H groups in total. The zero-order chi connectivity index (χ0) is 17.7. The monoisotopic (exact) mass is 369 g/mol. The number of imidazole rings is 1. The second kappa shape index (κ2) is 6.52. The Morgan fingerprint density at radius 1 is 1.12 bits per heavy atom. The van der Waals surface area contributed by atoms with Crippen molar-refractivity contribution in [3.63, 3.8) is 0 Å². The van der Waals surface area contributed by atoms with Gasteiger partial charge in [0.25, 0.3) is 5.91 Å². The van der Waals surface area contributed by atoms with Crippen LogP contribution in [-0.4, -0.2) is 26.9 Å². The highest BCUT2D eigenvalue weighted by molar-refractivity contribution is 7.14. The van der Waals surface area contributed by atoms with Crippen LogP contribution in [0.3, 0.4) is 0 Å². The molecular weight excluding hydrogens is 342 g/mol. The molecule has 0 radical (unpaired) electrons. The highest BCUT2D eigenvalue weighted by atomic mass is 32.1. The molecule has 1 atom stereocenters.